The average Bonchev–Trinajstić information content (AvgIpc) is 2.83. The highest BCUT2D eigenvalue weighted by Crippen LogP contribution is 2.25. The van der Waals surface area contributed by atoms with Crippen molar-refractivity contribution >= 4 is 16.8 Å². The summed E-state index contributed by atoms with van der Waals surface area (Å²) in [5.74, 6) is 0.419. The fourth-order valence-electron chi connectivity index (χ4n) is 3.82. The molecular formula is C26H25N3O2. The molecule has 1 unspecified atom stereocenters. The molecule has 0 bridgehead atoms. The van der Waals surface area contributed by atoms with E-state index < -0.39 is 6.04 Å². The maximum absolute atomic E-state index is 13.6. The van der Waals surface area contributed by atoms with Gasteiger partial charge in [0, 0.05) is 12.6 Å². The molecule has 156 valence electrons. The zero-order valence-electron chi connectivity index (χ0n) is 17.9. The lowest BCUT2D eigenvalue weighted by molar-refractivity contribution is 0.0735. The summed E-state index contributed by atoms with van der Waals surface area (Å²) in [6.45, 7) is 3.97. The summed E-state index contributed by atoms with van der Waals surface area (Å²) in [6, 6.07) is 23.9. The molecule has 0 fully saturated rings. The van der Waals surface area contributed by atoms with Gasteiger partial charge in [0.1, 0.15) is 5.82 Å². The molecule has 4 rings (SSSR count). The number of nitrogens with zero attached hydrogens (tertiary/aromatic N) is 3. The van der Waals surface area contributed by atoms with Gasteiger partial charge in [-0.1, -0.05) is 55.5 Å². The second kappa shape index (κ2) is 8.56. The van der Waals surface area contributed by atoms with Crippen LogP contribution in [0.2, 0.25) is 0 Å². The predicted octanol–water partition coefficient (Wildman–Crippen LogP) is 4.78. The van der Waals surface area contributed by atoms with Gasteiger partial charge in [-0.05, 0) is 49.2 Å². The lowest BCUT2D eigenvalue weighted by Gasteiger charge is -2.27. The Morgan fingerprint density at radius 1 is 0.968 bits per heavy atom. The Hall–Kier alpha value is -3.73. The van der Waals surface area contributed by atoms with Crippen LogP contribution in [-0.4, -0.2) is 27.4 Å². The van der Waals surface area contributed by atoms with E-state index in [-0.39, 0.29) is 11.5 Å². The van der Waals surface area contributed by atoms with Gasteiger partial charge in [0.15, 0.2) is 0 Å². The highest BCUT2D eigenvalue weighted by Gasteiger charge is 2.25. The second-order valence-corrected chi connectivity index (χ2v) is 7.57. The third-order valence-corrected chi connectivity index (χ3v) is 5.71. The van der Waals surface area contributed by atoms with Gasteiger partial charge in [-0.2, -0.15) is 0 Å². The molecular weight excluding hydrogens is 386 g/mol. The predicted molar refractivity (Wildman–Crippen MR) is 124 cm³/mol. The van der Waals surface area contributed by atoms with E-state index in [4.69, 9.17) is 4.98 Å². The number of para-hydroxylation sites is 2. The number of benzene rings is 3. The standard InChI is InChI=1S/C26H25N3O2/c1-4-19-12-8-11-17-23(19)29-24(27-22-16-10-9-15-21(22)26(29)31)18(2)28(3)25(30)20-13-6-5-7-14-20/h5-18H,4H2,1-3H3. The van der Waals surface area contributed by atoms with Crippen LogP contribution in [0.3, 0.4) is 0 Å². The van der Waals surface area contributed by atoms with E-state index in [2.05, 4.69) is 6.92 Å². The van der Waals surface area contributed by atoms with E-state index >= 15 is 0 Å². The Kier molecular flexibility index (Phi) is 5.67. The maximum Gasteiger partial charge on any atom is 0.266 e. The summed E-state index contributed by atoms with van der Waals surface area (Å²) in [4.78, 5) is 33.2. The Morgan fingerprint density at radius 3 is 2.35 bits per heavy atom. The molecule has 0 saturated heterocycles. The van der Waals surface area contributed by atoms with Crippen LogP contribution >= 0.6 is 0 Å². The minimum Gasteiger partial charge on any atom is -0.332 e. The van der Waals surface area contributed by atoms with Gasteiger partial charge in [0.2, 0.25) is 0 Å². The molecule has 5 nitrogen and oxygen atoms in total. The van der Waals surface area contributed by atoms with Gasteiger partial charge in [-0.25, -0.2) is 4.98 Å². The summed E-state index contributed by atoms with van der Waals surface area (Å²) in [5, 5.41) is 0.557. The molecule has 31 heavy (non-hydrogen) atoms. The number of fused-ring (bicyclic) bond motifs is 1. The van der Waals surface area contributed by atoms with E-state index in [9.17, 15) is 9.59 Å². The minimum atomic E-state index is -0.421. The third-order valence-electron chi connectivity index (χ3n) is 5.71. The van der Waals surface area contributed by atoms with Crippen LogP contribution in [0.25, 0.3) is 16.6 Å². The van der Waals surface area contributed by atoms with Crippen molar-refractivity contribution in [1.82, 2.24) is 14.5 Å². The normalized spacial score (nSPS) is 12.0. The topological polar surface area (TPSA) is 55.2 Å². The number of aromatic nitrogens is 2. The second-order valence-electron chi connectivity index (χ2n) is 7.57. The molecule has 0 saturated carbocycles. The van der Waals surface area contributed by atoms with Gasteiger partial charge < -0.3 is 4.90 Å². The molecule has 0 radical (unpaired) electrons. The van der Waals surface area contributed by atoms with E-state index in [0.29, 0.717) is 22.3 Å². The van der Waals surface area contributed by atoms with Crippen LogP contribution in [-0.2, 0) is 6.42 Å². The largest absolute Gasteiger partial charge is 0.332 e. The summed E-state index contributed by atoms with van der Waals surface area (Å²) >= 11 is 0. The van der Waals surface area contributed by atoms with Crippen molar-refractivity contribution in [2.24, 2.45) is 0 Å². The monoisotopic (exact) mass is 411 g/mol. The fourth-order valence-corrected chi connectivity index (χ4v) is 3.82. The number of hydrogen-bond donors (Lipinski definition) is 0. The molecule has 0 spiro atoms. The van der Waals surface area contributed by atoms with E-state index in [1.165, 1.54) is 0 Å². The van der Waals surface area contributed by atoms with Crippen molar-refractivity contribution < 1.29 is 4.79 Å². The Bertz CT molecular complexity index is 1300. The first kappa shape index (κ1) is 20.5. The van der Waals surface area contributed by atoms with Crippen molar-refractivity contribution in [1.29, 1.82) is 0 Å². The van der Waals surface area contributed by atoms with Crippen LogP contribution in [0.5, 0.6) is 0 Å². The van der Waals surface area contributed by atoms with Crippen LogP contribution in [0.1, 0.15) is 41.6 Å². The molecule has 0 aliphatic carbocycles. The van der Waals surface area contributed by atoms with Crippen LogP contribution in [0.4, 0.5) is 0 Å². The van der Waals surface area contributed by atoms with Gasteiger partial charge in [0.25, 0.3) is 11.5 Å². The molecule has 0 aliphatic heterocycles. The van der Waals surface area contributed by atoms with Gasteiger partial charge in [-0.15, -0.1) is 0 Å². The molecule has 4 aromatic rings. The number of amides is 1. The molecule has 1 amide bonds. The summed E-state index contributed by atoms with van der Waals surface area (Å²) in [7, 11) is 1.75. The molecule has 5 heteroatoms. The van der Waals surface area contributed by atoms with Crippen molar-refractivity contribution in [3.63, 3.8) is 0 Å². The first-order valence-corrected chi connectivity index (χ1v) is 10.4. The molecule has 1 atom stereocenters. The zero-order chi connectivity index (χ0) is 22.0. The SMILES string of the molecule is CCc1ccccc1-n1c(C(C)N(C)C(=O)c2ccccc2)nc2ccccc2c1=O. The van der Waals surface area contributed by atoms with Crippen molar-refractivity contribution in [2.45, 2.75) is 26.3 Å². The van der Waals surface area contributed by atoms with Crippen molar-refractivity contribution in [2.75, 3.05) is 7.05 Å². The summed E-state index contributed by atoms with van der Waals surface area (Å²) in [5.41, 5.74) is 2.94. The van der Waals surface area contributed by atoms with Crippen LogP contribution in [0.15, 0.2) is 83.7 Å². The lowest BCUT2D eigenvalue weighted by atomic mass is 10.1. The first-order valence-electron chi connectivity index (χ1n) is 10.4. The number of rotatable bonds is 5. The Balaban J connectivity index is 1.92. The summed E-state index contributed by atoms with van der Waals surface area (Å²) < 4.78 is 1.67. The highest BCUT2D eigenvalue weighted by atomic mass is 16.2. The van der Waals surface area contributed by atoms with Crippen molar-refractivity contribution in [3.05, 3.63) is 106 Å². The van der Waals surface area contributed by atoms with E-state index in [0.717, 1.165) is 17.7 Å². The molecule has 3 aromatic carbocycles. The quantitative estimate of drug-likeness (QED) is 0.475. The number of carbonyl (C=O) groups excluding carboxylic acids is 1. The molecule has 1 heterocycles. The van der Waals surface area contributed by atoms with E-state index in [1.54, 1.807) is 34.7 Å². The van der Waals surface area contributed by atoms with Crippen LogP contribution in [0, 0.1) is 0 Å². The third kappa shape index (κ3) is 3.75. The number of carbonyl (C=O) groups is 1. The Morgan fingerprint density at radius 2 is 1.61 bits per heavy atom. The zero-order valence-corrected chi connectivity index (χ0v) is 17.9. The first-order chi connectivity index (χ1) is 15.0. The van der Waals surface area contributed by atoms with E-state index in [1.807, 2.05) is 67.6 Å². The van der Waals surface area contributed by atoms with Gasteiger partial charge in [0.05, 0.1) is 22.6 Å². The van der Waals surface area contributed by atoms with Gasteiger partial charge >= 0.3 is 0 Å². The molecule has 0 aliphatic rings. The summed E-state index contributed by atoms with van der Waals surface area (Å²) in [6.07, 6.45) is 0.780. The Labute approximate surface area is 181 Å². The molecule has 0 N–H and O–H groups in total. The van der Waals surface area contributed by atoms with Crippen molar-refractivity contribution in [3.8, 4) is 5.69 Å². The fraction of sp³-hybridized carbons (Fsp3) is 0.192. The maximum atomic E-state index is 13.6. The average molecular weight is 412 g/mol. The lowest BCUT2D eigenvalue weighted by Crippen LogP contribution is -2.35. The van der Waals surface area contributed by atoms with Gasteiger partial charge in [-0.3, -0.25) is 14.2 Å². The minimum absolute atomic E-state index is 0.120. The highest BCUT2D eigenvalue weighted by molar-refractivity contribution is 5.94. The number of aryl methyl sites for hydroxylation is 1. The smallest absolute Gasteiger partial charge is 0.266 e. The van der Waals surface area contributed by atoms with Crippen LogP contribution < -0.4 is 5.56 Å². The number of hydrogen-bond acceptors (Lipinski definition) is 3. The molecule has 1 aromatic heterocycles.